The Morgan fingerprint density at radius 3 is 2.62 bits per heavy atom. The second kappa shape index (κ2) is 6.45. The average Bonchev–Trinajstić information content (AvgIpc) is 2.82. The molecular formula is C15H24N2O4. The van der Waals surface area contributed by atoms with Crippen LogP contribution in [0.1, 0.15) is 45.4 Å². The molecule has 2 amide bonds. The smallest absolute Gasteiger partial charge is 0.311 e. The lowest BCUT2D eigenvalue weighted by molar-refractivity contribution is -0.149. The van der Waals surface area contributed by atoms with Crippen molar-refractivity contribution in [2.45, 2.75) is 45.4 Å². The van der Waals surface area contributed by atoms with Gasteiger partial charge in [0.2, 0.25) is 11.8 Å². The zero-order valence-corrected chi connectivity index (χ0v) is 12.6. The molecule has 0 aromatic heterocycles. The number of amides is 2. The molecule has 1 unspecified atom stereocenters. The van der Waals surface area contributed by atoms with Crippen molar-refractivity contribution in [3.8, 4) is 0 Å². The van der Waals surface area contributed by atoms with E-state index < -0.39 is 11.4 Å². The number of carbonyl (C=O) groups is 3. The van der Waals surface area contributed by atoms with Crippen molar-refractivity contribution < 1.29 is 19.5 Å². The van der Waals surface area contributed by atoms with Gasteiger partial charge in [-0.2, -0.15) is 0 Å². The molecule has 0 bridgehead atoms. The first-order chi connectivity index (χ1) is 9.98. The summed E-state index contributed by atoms with van der Waals surface area (Å²) in [5.74, 6) is -0.909. The molecule has 6 nitrogen and oxygen atoms in total. The van der Waals surface area contributed by atoms with Crippen molar-refractivity contribution in [1.82, 2.24) is 9.80 Å². The summed E-state index contributed by atoms with van der Waals surface area (Å²) in [6, 6.07) is 0. The molecule has 0 aromatic rings. The van der Waals surface area contributed by atoms with Crippen LogP contribution in [0.25, 0.3) is 0 Å². The molecule has 21 heavy (non-hydrogen) atoms. The zero-order valence-electron chi connectivity index (χ0n) is 12.6. The minimum absolute atomic E-state index is 0.0417. The van der Waals surface area contributed by atoms with Crippen molar-refractivity contribution in [3.05, 3.63) is 0 Å². The summed E-state index contributed by atoms with van der Waals surface area (Å²) in [5, 5.41) is 9.36. The summed E-state index contributed by atoms with van der Waals surface area (Å²) in [4.78, 5) is 38.9. The molecule has 2 fully saturated rings. The van der Waals surface area contributed by atoms with Crippen molar-refractivity contribution in [2.24, 2.45) is 5.41 Å². The molecule has 118 valence electrons. The third-order valence-corrected chi connectivity index (χ3v) is 4.83. The summed E-state index contributed by atoms with van der Waals surface area (Å²) in [6.45, 7) is 3.32. The van der Waals surface area contributed by atoms with E-state index in [0.29, 0.717) is 32.4 Å². The molecule has 2 saturated heterocycles. The van der Waals surface area contributed by atoms with Gasteiger partial charge in [0.05, 0.1) is 12.0 Å². The van der Waals surface area contributed by atoms with E-state index in [2.05, 4.69) is 0 Å². The van der Waals surface area contributed by atoms with Crippen molar-refractivity contribution >= 4 is 17.8 Å². The molecule has 0 aromatic carbocycles. The summed E-state index contributed by atoms with van der Waals surface area (Å²) in [5.41, 5.74) is -0.807. The van der Waals surface area contributed by atoms with Crippen LogP contribution >= 0.6 is 0 Å². The van der Waals surface area contributed by atoms with Gasteiger partial charge >= 0.3 is 5.97 Å². The number of hydrogen-bond donors (Lipinski definition) is 1. The van der Waals surface area contributed by atoms with Gasteiger partial charge in [0.15, 0.2) is 0 Å². The van der Waals surface area contributed by atoms with Gasteiger partial charge in [-0.25, -0.2) is 0 Å². The minimum atomic E-state index is -0.828. The Morgan fingerprint density at radius 2 is 2.00 bits per heavy atom. The van der Waals surface area contributed by atoms with Crippen LogP contribution in [0, 0.1) is 5.41 Å². The lowest BCUT2D eigenvalue weighted by atomic mass is 9.84. The molecule has 2 aliphatic rings. The molecular weight excluding hydrogens is 272 g/mol. The Labute approximate surface area is 125 Å². The molecule has 2 heterocycles. The van der Waals surface area contributed by atoms with E-state index in [9.17, 15) is 19.5 Å². The Hall–Kier alpha value is -1.59. The highest BCUT2D eigenvalue weighted by atomic mass is 16.4. The molecule has 0 spiro atoms. The molecule has 6 heteroatoms. The van der Waals surface area contributed by atoms with Crippen molar-refractivity contribution in [1.29, 1.82) is 0 Å². The molecule has 0 radical (unpaired) electrons. The van der Waals surface area contributed by atoms with Crippen LogP contribution in [0.2, 0.25) is 0 Å². The first-order valence-corrected chi connectivity index (χ1v) is 7.77. The first kappa shape index (κ1) is 15.8. The number of aliphatic carboxylic acids is 1. The lowest BCUT2D eigenvalue weighted by Crippen LogP contribution is -2.43. The number of carboxylic acid groups (broad SMARTS) is 1. The van der Waals surface area contributed by atoms with E-state index in [1.807, 2.05) is 6.92 Å². The van der Waals surface area contributed by atoms with Crippen LogP contribution in [0.5, 0.6) is 0 Å². The van der Waals surface area contributed by atoms with Crippen LogP contribution < -0.4 is 0 Å². The molecule has 1 N–H and O–H groups in total. The van der Waals surface area contributed by atoms with Crippen LogP contribution in [-0.4, -0.2) is 58.9 Å². The maximum atomic E-state index is 12.3. The maximum Gasteiger partial charge on any atom is 0.311 e. The van der Waals surface area contributed by atoms with E-state index in [1.165, 1.54) is 0 Å². The maximum absolute atomic E-state index is 12.3. The number of hydrogen-bond acceptors (Lipinski definition) is 3. The molecule has 2 aliphatic heterocycles. The van der Waals surface area contributed by atoms with E-state index in [4.69, 9.17) is 0 Å². The Morgan fingerprint density at radius 1 is 1.24 bits per heavy atom. The van der Waals surface area contributed by atoms with Gasteiger partial charge < -0.3 is 14.9 Å². The van der Waals surface area contributed by atoms with Gasteiger partial charge in [-0.05, 0) is 25.7 Å². The third kappa shape index (κ3) is 3.36. The number of likely N-dealkylation sites (tertiary alicyclic amines) is 2. The lowest BCUT2D eigenvalue weighted by Gasteiger charge is -2.26. The summed E-state index contributed by atoms with van der Waals surface area (Å²) in [6.07, 6.45) is 4.39. The zero-order chi connectivity index (χ0) is 15.5. The Bertz CT molecular complexity index is 437. The summed E-state index contributed by atoms with van der Waals surface area (Å²) in [7, 11) is 0. The average molecular weight is 296 g/mol. The highest BCUT2D eigenvalue weighted by Crippen LogP contribution is 2.34. The van der Waals surface area contributed by atoms with Crippen molar-refractivity contribution in [3.63, 3.8) is 0 Å². The monoisotopic (exact) mass is 296 g/mol. The minimum Gasteiger partial charge on any atom is -0.481 e. The van der Waals surface area contributed by atoms with E-state index in [1.54, 1.807) is 9.80 Å². The van der Waals surface area contributed by atoms with Crippen LogP contribution in [0.15, 0.2) is 0 Å². The normalized spacial score (nSPS) is 26.8. The summed E-state index contributed by atoms with van der Waals surface area (Å²) >= 11 is 0. The molecule has 0 saturated carbocycles. The molecule has 2 rings (SSSR count). The number of carboxylic acids is 1. The second-order valence-corrected chi connectivity index (χ2v) is 6.13. The van der Waals surface area contributed by atoms with Crippen molar-refractivity contribution in [2.75, 3.05) is 26.2 Å². The number of carbonyl (C=O) groups excluding carboxylic acids is 2. The van der Waals surface area contributed by atoms with Crippen LogP contribution in [0.4, 0.5) is 0 Å². The van der Waals surface area contributed by atoms with Gasteiger partial charge in [-0.3, -0.25) is 14.4 Å². The predicted molar refractivity (Wildman–Crippen MR) is 76.6 cm³/mol. The standard InChI is InChI=1S/C15H24N2O4/c1-2-15(14(20)21)7-9-17(11-15)13(19)10-16-8-5-3-4-6-12(16)18/h2-11H2,1H3,(H,20,21). The van der Waals surface area contributed by atoms with Gasteiger partial charge in [0.1, 0.15) is 0 Å². The fraction of sp³-hybridized carbons (Fsp3) is 0.800. The largest absolute Gasteiger partial charge is 0.481 e. The van der Waals surface area contributed by atoms with E-state index in [0.717, 1.165) is 19.3 Å². The van der Waals surface area contributed by atoms with E-state index >= 15 is 0 Å². The highest BCUT2D eigenvalue weighted by molar-refractivity contribution is 5.86. The number of nitrogens with zero attached hydrogens (tertiary/aromatic N) is 2. The van der Waals surface area contributed by atoms with Gasteiger partial charge in [-0.15, -0.1) is 0 Å². The Kier molecular flexibility index (Phi) is 4.85. The van der Waals surface area contributed by atoms with Crippen LogP contribution in [0.3, 0.4) is 0 Å². The van der Waals surface area contributed by atoms with Gasteiger partial charge in [0.25, 0.3) is 0 Å². The van der Waals surface area contributed by atoms with E-state index in [-0.39, 0.29) is 24.9 Å². The number of rotatable bonds is 4. The quantitative estimate of drug-likeness (QED) is 0.842. The fourth-order valence-corrected chi connectivity index (χ4v) is 3.17. The summed E-state index contributed by atoms with van der Waals surface area (Å²) < 4.78 is 0. The predicted octanol–water partition coefficient (Wildman–Crippen LogP) is 1.10. The SMILES string of the molecule is CCC1(C(=O)O)CCN(C(=O)CN2CCCCCC2=O)C1. The molecule has 1 atom stereocenters. The molecule has 0 aliphatic carbocycles. The fourth-order valence-electron chi connectivity index (χ4n) is 3.17. The Balaban J connectivity index is 1.95. The highest BCUT2D eigenvalue weighted by Gasteiger charge is 2.44. The van der Waals surface area contributed by atoms with Gasteiger partial charge in [-0.1, -0.05) is 13.3 Å². The first-order valence-electron chi connectivity index (χ1n) is 7.77. The second-order valence-electron chi connectivity index (χ2n) is 6.13. The third-order valence-electron chi connectivity index (χ3n) is 4.83. The van der Waals surface area contributed by atoms with Crippen LogP contribution in [-0.2, 0) is 14.4 Å². The van der Waals surface area contributed by atoms with Gasteiger partial charge in [0, 0.05) is 26.1 Å². The topological polar surface area (TPSA) is 77.9 Å².